The number of methoxy groups -OCH3 is 1. The van der Waals surface area contributed by atoms with E-state index in [4.69, 9.17) is 4.74 Å². The average molecular weight is 332 g/mol. The van der Waals surface area contributed by atoms with Crippen LogP contribution in [-0.4, -0.2) is 23.5 Å². The van der Waals surface area contributed by atoms with Gasteiger partial charge in [0.05, 0.1) is 7.11 Å². The van der Waals surface area contributed by atoms with Crippen molar-refractivity contribution < 1.29 is 14.4 Å². The number of hydrogen-bond acceptors (Lipinski definition) is 3. The minimum absolute atomic E-state index is 0.0454. The second-order valence-electron chi connectivity index (χ2n) is 6.30. The Morgan fingerprint density at radius 3 is 2.09 bits per heavy atom. The monoisotopic (exact) mass is 332 g/mol. The van der Waals surface area contributed by atoms with Crippen LogP contribution in [0.1, 0.15) is 27.7 Å². The average Bonchev–Trinajstić information content (AvgIpc) is 2.53. The first-order chi connectivity index (χ1) is 10.8. The Labute approximate surface area is 138 Å². The molecule has 2 rings (SSSR count). The van der Waals surface area contributed by atoms with E-state index >= 15 is 0 Å². The molecule has 0 radical (unpaired) electrons. The van der Waals surface area contributed by atoms with E-state index in [2.05, 4.69) is 0 Å². The number of hydrogen-bond donors (Lipinski definition) is 1. The first kappa shape index (κ1) is 17.6. The van der Waals surface area contributed by atoms with E-state index in [1.54, 1.807) is 13.2 Å². The van der Waals surface area contributed by atoms with E-state index in [1.807, 2.05) is 64.1 Å². The summed E-state index contributed by atoms with van der Waals surface area (Å²) in [4.78, 5) is 0. The molecule has 0 saturated carbocycles. The van der Waals surface area contributed by atoms with Gasteiger partial charge in [-0.2, -0.15) is 0 Å². The number of aromatic hydroxyl groups is 1. The minimum Gasteiger partial charge on any atom is -0.507 e. The second-order valence-corrected chi connectivity index (χ2v) is 10.3. The van der Waals surface area contributed by atoms with E-state index in [0.717, 1.165) is 10.9 Å². The molecule has 0 atom stereocenters. The minimum atomic E-state index is -2.60. The Hall–Kier alpha value is -1.73. The van der Waals surface area contributed by atoms with Gasteiger partial charge in [0.15, 0.2) is 0 Å². The highest BCUT2D eigenvalue weighted by molar-refractivity contribution is 7.73. The molecule has 1 N–H and O–H groups in total. The molecule has 4 heteroatoms. The van der Waals surface area contributed by atoms with Crippen LogP contribution < -0.4 is 10.0 Å². The van der Waals surface area contributed by atoms with Crippen LogP contribution >= 0.6 is 7.14 Å². The van der Waals surface area contributed by atoms with E-state index in [1.165, 1.54) is 0 Å². The van der Waals surface area contributed by atoms with Crippen molar-refractivity contribution in [1.29, 1.82) is 0 Å². The van der Waals surface area contributed by atoms with Gasteiger partial charge in [-0.25, -0.2) is 0 Å². The zero-order chi connectivity index (χ0) is 17.2. The number of benzene rings is 2. The van der Waals surface area contributed by atoms with Gasteiger partial charge in [-0.05, 0) is 17.7 Å². The van der Waals surface area contributed by atoms with E-state index in [9.17, 15) is 9.67 Å². The summed E-state index contributed by atoms with van der Waals surface area (Å²) >= 11 is 0. The summed E-state index contributed by atoms with van der Waals surface area (Å²) in [6.45, 7) is 8.02. The van der Waals surface area contributed by atoms with Gasteiger partial charge in [0.1, 0.15) is 18.6 Å². The van der Waals surface area contributed by atoms with Gasteiger partial charge in [0.25, 0.3) is 0 Å². The Kier molecular flexibility index (Phi) is 5.21. The summed E-state index contributed by atoms with van der Waals surface area (Å²) in [5, 5.41) is 11.2. The van der Waals surface area contributed by atoms with Gasteiger partial charge in [-0.3, -0.25) is 0 Å². The molecule has 0 bridgehead atoms. The van der Waals surface area contributed by atoms with Gasteiger partial charge < -0.3 is 14.4 Å². The third-order valence-electron chi connectivity index (χ3n) is 4.31. The Bertz CT molecular complexity index is 723. The predicted octanol–water partition coefficient (Wildman–Crippen LogP) is 4.87. The molecule has 0 aliphatic carbocycles. The van der Waals surface area contributed by atoms with Crippen LogP contribution in [0.2, 0.25) is 0 Å². The lowest BCUT2D eigenvalue weighted by molar-refractivity contribution is 0.408. The van der Waals surface area contributed by atoms with Crippen molar-refractivity contribution in [2.45, 2.75) is 39.0 Å². The van der Waals surface area contributed by atoms with Gasteiger partial charge in [0.2, 0.25) is 0 Å². The zero-order valence-electron chi connectivity index (χ0n) is 14.4. The lowest BCUT2D eigenvalue weighted by Gasteiger charge is -2.28. The highest BCUT2D eigenvalue weighted by Gasteiger charge is 2.34. The van der Waals surface area contributed by atoms with Crippen LogP contribution in [0.5, 0.6) is 11.5 Å². The molecular formula is C19H25O3P. The van der Waals surface area contributed by atoms with Crippen LogP contribution in [0.25, 0.3) is 11.1 Å². The standard InChI is InChI=1S/C19H25O3P/c1-13(2)23(21,14(3)4)19-9-7-6-8-17(19)16-11-10-15(22-5)12-18(16)20/h6-14,20H,1-5H3. The van der Waals surface area contributed by atoms with Crippen molar-refractivity contribution >= 4 is 12.4 Å². The lowest BCUT2D eigenvalue weighted by Crippen LogP contribution is -2.21. The number of phenols is 1. The van der Waals surface area contributed by atoms with Crippen molar-refractivity contribution in [2.75, 3.05) is 7.11 Å². The molecule has 23 heavy (non-hydrogen) atoms. The fraction of sp³-hybridized carbons (Fsp3) is 0.368. The molecule has 2 aromatic rings. The number of rotatable bonds is 5. The summed E-state index contributed by atoms with van der Waals surface area (Å²) in [6.07, 6.45) is 0. The van der Waals surface area contributed by atoms with Gasteiger partial charge in [0, 0.05) is 28.3 Å². The molecule has 0 saturated heterocycles. The maximum absolute atomic E-state index is 13.7. The molecule has 0 amide bonds. The number of ether oxygens (including phenoxy) is 1. The third kappa shape index (κ3) is 3.16. The van der Waals surface area contributed by atoms with Gasteiger partial charge in [-0.15, -0.1) is 0 Å². The highest BCUT2D eigenvalue weighted by atomic mass is 31.2. The van der Waals surface area contributed by atoms with E-state index < -0.39 is 7.14 Å². The molecular weight excluding hydrogens is 307 g/mol. The maximum atomic E-state index is 13.7. The fourth-order valence-electron chi connectivity index (χ4n) is 3.02. The molecule has 0 aromatic heterocycles. The van der Waals surface area contributed by atoms with Crippen molar-refractivity contribution in [3.63, 3.8) is 0 Å². The summed E-state index contributed by atoms with van der Waals surface area (Å²) in [7, 11) is -1.04. The smallest absolute Gasteiger partial charge is 0.127 e. The molecule has 0 spiro atoms. The molecule has 0 heterocycles. The molecule has 0 aliphatic heterocycles. The molecule has 2 aromatic carbocycles. The Morgan fingerprint density at radius 2 is 1.57 bits per heavy atom. The second kappa shape index (κ2) is 6.80. The van der Waals surface area contributed by atoms with E-state index in [-0.39, 0.29) is 17.1 Å². The zero-order valence-corrected chi connectivity index (χ0v) is 15.3. The summed E-state index contributed by atoms with van der Waals surface area (Å²) in [5.74, 6) is 0.732. The van der Waals surface area contributed by atoms with Crippen molar-refractivity contribution in [1.82, 2.24) is 0 Å². The maximum Gasteiger partial charge on any atom is 0.127 e. The van der Waals surface area contributed by atoms with Crippen LogP contribution in [-0.2, 0) is 4.57 Å². The van der Waals surface area contributed by atoms with Crippen molar-refractivity contribution in [2.24, 2.45) is 0 Å². The van der Waals surface area contributed by atoms with Crippen molar-refractivity contribution in [3.8, 4) is 22.6 Å². The van der Waals surface area contributed by atoms with Crippen LogP contribution in [0.4, 0.5) is 0 Å². The topological polar surface area (TPSA) is 46.5 Å². The summed E-state index contributed by atoms with van der Waals surface area (Å²) in [5.41, 5.74) is 1.61. The van der Waals surface area contributed by atoms with Crippen LogP contribution in [0.3, 0.4) is 0 Å². The van der Waals surface area contributed by atoms with E-state index in [0.29, 0.717) is 11.3 Å². The largest absolute Gasteiger partial charge is 0.507 e. The number of phenolic OH excluding ortho intramolecular Hbond substituents is 1. The fourth-order valence-corrected chi connectivity index (χ4v) is 6.22. The molecule has 3 nitrogen and oxygen atoms in total. The molecule has 0 aliphatic rings. The molecule has 0 unspecified atom stereocenters. The molecule has 124 valence electrons. The summed E-state index contributed by atoms with van der Waals surface area (Å²) < 4.78 is 18.9. The summed E-state index contributed by atoms with van der Waals surface area (Å²) in [6, 6.07) is 12.9. The molecule has 0 fully saturated rings. The first-order valence-corrected chi connectivity index (χ1v) is 9.73. The predicted molar refractivity (Wildman–Crippen MR) is 97.6 cm³/mol. The van der Waals surface area contributed by atoms with Crippen molar-refractivity contribution in [3.05, 3.63) is 42.5 Å². The lowest BCUT2D eigenvalue weighted by atomic mass is 10.0. The quantitative estimate of drug-likeness (QED) is 0.794. The Balaban J connectivity index is 2.70. The van der Waals surface area contributed by atoms with Crippen LogP contribution in [0, 0.1) is 0 Å². The van der Waals surface area contributed by atoms with Crippen LogP contribution in [0.15, 0.2) is 42.5 Å². The van der Waals surface area contributed by atoms with Gasteiger partial charge >= 0.3 is 0 Å². The van der Waals surface area contributed by atoms with Gasteiger partial charge in [-0.1, -0.05) is 52.0 Å². The first-order valence-electron chi connectivity index (χ1n) is 7.88. The third-order valence-corrected chi connectivity index (χ3v) is 8.52. The highest BCUT2D eigenvalue weighted by Crippen LogP contribution is 2.55. The Morgan fingerprint density at radius 1 is 0.957 bits per heavy atom. The SMILES string of the molecule is COc1ccc(-c2ccccc2P(=O)(C(C)C)C(C)C)c(O)c1. The normalized spacial score (nSPS) is 12.0.